The van der Waals surface area contributed by atoms with Gasteiger partial charge in [-0.2, -0.15) is 0 Å². The Balaban J connectivity index is 1.85. The van der Waals surface area contributed by atoms with Crippen LogP contribution in [0.15, 0.2) is 32.0 Å². The Labute approximate surface area is 143 Å². The van der Waals surface area contributed by atoms with Crippen LogP contribution in [0.1, 0.15) is 32.1 Å². The van der Waals surface area contributed by atoms with Gasteiger partial charge >= 0.3 is 0 Å². The molecule has 0 atom stereocenters. The zero-order valence-corrected chi connectivity index (χ0v) is 15.6. The second-order valence-electron chi connectivity index (χ2n) is 5.10. The third-order valence-corrected chi connectivity index (χ3v) is 6.43. The lowest BCUT2D eigenvalue weighted by Gasteiger charge is -2.22. The quantitative estimate of drug-likeness (QED) is 0.683. The smallest absolute Gasteiger partial charge is 0.241 e. The summed E-state index contributed by atoms with van der Waals surface area (Å²) in [5, 5.41) is 0. The summed E-state index contributed by atoms with van der Waals surface area (Å²) in [6.45, 7) is 0.702. The minimum absolute atomic E-state index is 0.231. The molecule has 0 heterocycles. The van der Waals surface area contributed by atoms with Crippen LogP contribution in [0.3, 0.4) is 0 Å². The molecular formula is C14H19Br2NO3S. The Bertz CT molecular complexity index is 572. The van der Waals surface area contributed by atoms with Gasteiger partial charge in [0.1, 0.15) is 0 Å². The van der Waals surface area contributed by atoms with Crippen LogP contribution in [0.4, 0.5) is 0 Å². The molecule has 1 N–H and O–H groups in total. The van der Waals surface area contributed by atoms with Gasteiger partial charge in [-0.15, -0.1) is 0 Å². The van der Waals surface area contributed by atoms with Crippen molar-refractivity contribution in [2.75, 3.05) is 13.2 Å². The lowest BCUT2D eigenvalue weighted by atomic mass is 9.98. The summed E-state index contributed by atoms with van der Waals surface area (Å²) in [5.74, 6) is 0. The number of halogens is 2. The van der Waals surface area contributed by atoms with Crippen LogP contribution in [-0.2, 0) is 14.8 Å². The molecule has 0 unspecified atom stereocenters. The van der Waals surface area contributed by atoms with Crippen molar-refractivity contribution in [3.63, 3.8) is 0 Å². The van der Waals surface area contributed by atoms with Crippen LogP contribution >= 0.6 is 31.9 Å². The monoisotopic (exact) mass is 439 g/mol. The second kappa shape index (κ2) is 8.06. The van der Waals surface area contributed by atoms with E-state index in [0.717, 1.165) is 17.3 Å². The molecule has 4 nitrogen and oxygen atoms in total. The normalized spacial score (nSPS) is 17.0. The molecule has 0 saturated heterocycles. The summed E-state index contributed by atoms with van der Waals surface area (Å²) in [4.78, 5) is 0.231. The van der Waals surface area contributed by atoms with Gasteiger partial charge in [-0.1, -0.05) is 35.2 Å². The van der Waals surface area contributed by atoms with Gasteiger partial charge in [0.25, 0.3) is 0 Å². The predicted octanol–water partition coefficient (Wildman–Crippen LogP) is 3.84. The van der Waals surface area contributed by atoms with Crippen LogP contribution in [0.2, 0.25) is 0 Å². The first kappa shape index (κ1) is 17.4. The van der Waals surface area contributed by atoms with Crippen molar-refractivity contribution in [2.45, 2.75) is 43.1 Å². The molecule has 1 aliphatic carbocycles. The molecule has 21 heavy (non-hydrogen) atoms. The average Bonchev–Trinajstić information content (AvgIpc) is 2.47. The van der Waals surface area contributed by atoms with Crippen molar-refractivity contribution >= 4 is 41.9 Å². The fourth-order valence-electron chi connectivity index (χ4n) is 2.39. The number of hydrogen-bond donors (Lipinski definition) is 1. The fourth-order valence-corrected chi connectivity index (χ4v) is 4.91. The van der Waals surface area contributed by atoms with Gasteiger partial charge in [-0.05, 0) is 47.0 Å². The topological polar surface area (TPSA) is 55.4 Å². The fraction of sp³-hybridized carbons (Fsp3) is 0.571. The van der Waals surface area contributed by atoms with Crippen molar-refractivity contribution in [1.29, 1.82) is 0 Å². The molecule has 1 aromatic rings. The summed E-state index contributed by atoms with van der Waals surface area (Å²) in [6.07, 6.45) is 6.17. The summed E-state index contributed by atoms with van der Waals surface area (Å²) in [5.41, 5.74) is 0. The van der Waals surface area contributed by atoms with Crippen LogP contribution in [0, 0.1) is 0 Å². The molecule has 0 aliphatic heterocycles. The third kappa shape index (κ3) is 5.32. The van der Waals surface area contributed by atoms with Gasteiger partial charge in [-0.3, -0.25) is 0 Å². The van der Waals surface area contributed by atoms with Gasteiger partial charge in [0.15, 0.2) is 0 Å². The highest BCUT2D eigenvalue weighted by molar-refractivity contribution is 9.11. The van der Waals surface area contributed by atoms with E-state index >= 15 is 0 Å². The van der Waals surface area contributed by atoms with E-state index in [1.807, 2.05) is 0 Å². The van der Waals surface area contributed by atoms with E-state index in [1.54, 1.807) is 18.2 Å². The molecule has 1 fully saturated rings. The van der Waals surface area contributed by atoms with Gasteiger partial charge in [0.2, 0.25) is 10.0 Å². The second-order valence-corrected chi connectivity index (χ2v) is 8.61. The largest absolute Gasteiger partial charge is 0.377 e. The molecule has 0 amide bonds. The Hall–Kier alpha value is 0.0500. The minimum atomic E-state index is -3.52. The molecule has 1 aliphatic rings. The standard InChI is InChI=1S/C14H19Br2NO3S/c15-11-6-7-13(16)14(10-11)21(18,19)17-8-9-20-12-4-2-1-3-5-12/h6-7,10,12,17H,1-5,8-9H2. The van der Waals surface area contributed by atoms with E-state index in [1.165, 1.54) is 19.3 Å². The molecule has 118 valence electrons. The van der Waals surface area contributed by atoms with Gasteiger partial charge in [0, 0.05) is 15.5 Å². The van der Waals surface area contributed by atoms with Crippen molar-refractivity contribution in [3.05, 3.63) is 27.1 Å². The molecule has 2 rings (SSSR count). The van der Waals surface area contributed by atoms with Gasteiger partial charge in [0.05, 0.1) is 17.6 Å². The molecule has 1 saturated carbocycles. The van der Waals surface area contributed by atoms with Crippen molar-refractivity contribution in [1.82, 2.24) is 4.72 Å². The lowest BCUT2D eigenvalue weighted by molar-refractivity contribution is 0.0321. The van der Waals surface area contributed by atoms with E-state index in [0.29, 0.717) is 17.2 Å². The first-order valence-electron chi connectivity index (χ1n) is 7.05. The maximum atomic E-state index is 12.2. The number of ether oxygens (including phenoxy) is 1. The van der Waals surface area contributed by atoms with Crippen LogP contribution in [-0.4, -0.2) is 27.7 Å². The highest BCUT2D eigenvalue weighted by Gasteiger charge is 2.18. The van der Waals surface area contributed by atoms with Crippen molar-refractivity contribution < 1.29 is 13.2 Å². The summed E-state index contributed by atoms with van der Waals surface area (Å²) >= 11 is 6.55. The first-order valence-corrected chi connectivity index (χ1v) is 10.1. The van der Waals surface area contributed by atoms with Crippen LogP contribution < -0.4 is 4.72 Å². The number of rotatable bonds is 6. The Kier molecular flexibility index (Phi) is 6.68. The summed E-state index contributed by atoms with van der Waals surface area (Å²) in [7, 11) is -3.52. The predicted molar refractivity (Wildman–Crippen MR) is 89.9 cm³/mol. The third-order valence-electron chi connectivity index (χ3n) is 3.48. The van der Waals surface area contributed by atoms with E-state index in [4.69, 9.17) is 4.74 Å². The van der Waals surface area contributed by atoms with Crippen LogP contribution in [0.25, 0.3) is 0 Å². The number of nitrogens with one attached hydrogen (secondary N) is 1. The van der Waals surface area contributed by atoms with Crippen molar-refractivity contribution in [2.24, 2.45) is 0 Å². The Morgan fingerprint density at radius 2 is 1.90 bits per heavy atom. The zero-order valence-electron chi connectivity index (χ0n) is 11.6. The number of hydrogen-bond acceptors (Lipinski definition) is 3. The zero-order chi connectivity index (χ0) is 15.3. The van der Waals surface area contributed by atoms with Gasteiger partial charge in [-0.25, -0.2) is 13.1 Å². The SMILES string of the molecule is O=S(=O)(NCCOC1CCCCC1)c1cc(Br)ccc1Br. The van der Waals surface area contributed by atoms with E-state index < -0.39 is 10.0 Å². The highest BCUT2D eigenvalue weighted by atomic mass is 79.9. The van der Waals surface area contributed by atoms with Crippen molar-refractivity contribution in [3.8, 4) is 0 Å². The summed E-state index contributed by atoms with van der Waals surface area (Å²) in [6, 6.07) is 5.07. The maximum absolute atomic E-state index is 12.2. The van der Waals surface area contributed by atoms with E-state index in [9.17, 15) is 8.42 Å². The molecule has 7 heteroatoms. The minimum Gasteiger partial charge on any atom is -0.377 e. The average molecular weight is 441 g/mol. The van der Waals surface area contributed by atoms with Crippen LogP contribution in [0.5, 0.6) is 0 Å². The Morgan fingerprint density at radius 1 is 1.19 bits per heavy atom. The van der Waals surface area contributed by atoms with E-state index in [2.05, 4.69) is 36.6 Å². The lowest BCUT2D eigenvalue weighted by Crippen LogP contribution is -2.29. The highest BCUT2D eigenvalue weighted by Crippen LogP contribution is 2.25. The maximum Gasteiger partial charge on any atom is 0.241 e. The molecule has 0 aromatic heterocycles. The van der Waals surface area contributed by atoms with E-state index in [-0.39, 0.29) is 11.4 Å². The molecular weight excluding hydrogens is 422 g/mol. The number of benzene rings is 1. The van der Waals surface area contributed by atoms with Gasteiger partial charge < -0.3 is 4.74 Å². The number of sulfonamides is 1. The molecule has 1 aromatic carbocycles. The molecule has 0 radical (unpaired) electrons. The Morgan fingerprint density at radius 3 is 2.62 bits per heavy atom. The first-order chi connectivity index (χ1) is 9.99. The molecule has 0 bridgehead atoms. The molecule has 0 spiro atoms. The summed E-state index contributed by atoms with van der Waals surface area (Å²) < 4.78 is 34.1.